The Labute approximate surface area is 81.0 Å². The summed E-state index contributed by atoms with van der Waals surface area (Å²) in [4.78, 5) is 11.4. The summed E-state index contributed by atoms with van der Waals surface area (Å²) in [6.07, 6.45) is 3.58. The predicted molar refractivity (Wildman–Crippen MR) is 54.5 cm³/mol. The first-order chi connectivity index (χ1) is 5.93. The van der Waals surface area contributed by atoms with E-state index in [0.717, 1.165) is 12.8 Å². The van der Waals surface area contributed by atoms with Crippen molar-refractivity contribution in [1.82, 2.24) is 0 Å². The van der Waals surface area contributed by atoms with Gasteiger partial charge < -0.3 is 4.74 Å². The first kappa shape index (κ1) is 12.2. The van der Waals surface area contributed by atoms with Crippen LogP contribution in [-0.2, 0) is 9.53 Å². The van der Waals surface area contributed by atoms with Gasteiger partial charge in [-0.2, -0.15) is 0 Å². The molecule has 0 aliphatic rings. The van der Waals surface area contributed by atoms with Gasteiger partial charge in [-0.1, -0.05) is 19.9 Å². The molecule has 2 heteroatoms. The van der Waals surface area contributed by atoms with Gasteiger partial charge in [-0.25, -0.2) is 4.79 Å². The molecule has 0 unspecified atom stereocenters. The molecule has 0 aromatic heterocycles. The summed E-state index contributed by atoms with van der Waals surface area (Å²) in [5.41, 5.74) is 0.351. The van der Waals surface area contributed by atoms with E-state index in [4.69, 9.17) is 4.74 Å². The fourth-order valence-corrected chi connectivity index (χ4v) is 0.793. The van der Waals surface area contributed by atoms with E-state index in [1.807, 2.05) is 33.8 Å². The molecule has 0 radical (unpaired) electrons. The highest BCUT2D eigenvalue weighted by molar-refractivity contribution is 5.87. The summed E-state index contributed by atoms with van der Waals surface area (Å²) in [5, 5.41) is 0. The van der Waals surface area contributed by atoms with Crippen molar-refractivity contribution in [2.75, 3.05) is 0 Å². The minimum Gasteiger partial charge on any atom is -0.456 e. The van der Waals surface area contributed by atoms with Gasteiger partial charge in [0, 0.05) is 5.57 Å². The van der Waals surface area contributed by atoms with Gasteiger partial charge >= 0.3 is 5.97 Å². The number of carbonyl (C=O) groups excluding carboxylic acids is 1. The molecule has 0 rings (SSSR count). The third-order valence-electron chi connectivity index (χ3n) is 2.05. The van der Waals surface area contributed by atoms with Crippen molar-refractivity contribution < 1.29 is 9.53 Å². The molecule has 0 bridgehead atoms. The third kappa shape index (κ3) is 4.71. The van der Waals surface area contributed by atoms with Crippen LogP contribution in [0, 0.1) is 0 Å². The Morgan fingerprint density at radius 3 is 2.31 bits per heavy atom. The highest BCUT2D eigenvalue weighted by Crippen LogP contribution is 2.15. The Hall–Kier alpha value is -0.790. The molecule has 0 aromatic carbocycles. The van der Waals surface area contributed by atoms with Crippen molar-refractivity contribution >= 4 is 5.97 Å². The standard InChI is InChI=1S/C11H20O2/c1-6-8-9(3)10(12)13-11(4,5)7-2/h8H,6-7H2,1-5H3. The second-order valence-corrected chi connectivity index (χ2v) is 3.80. The van der Waals surface area contributed by atoms with Crippen molar-refractivity contribution in [2.45, 2.75) is 53.1 Å². The van der Waals surface area contributed by atoms with Gasteiger partial charge in [0.15, 0.2) is 0 Å². The molecule has 76 valence electrons. The van der Waals surface area contributed by atoms with Crippen LogP contribution in [0.1, 0.15) is 47.5 Å². The molecule has 13 heavy (non-hydrogen) atoms. The maximum absolute atomic E-state index is 11.4. The van der Waals surface area contributed by atoms with Crippen LogP contribution in [0.3, 0.4) is 0 Å². The van der Waals surface area contributed by atoms with E-state index in [1.54, 1.807) is 6.92 Å². The van der Waals surface area contributed by atoms with Crippen molar-refractivity contribution in [3.05, 3.63) is 11.6 Å². The molecule has 0 aliphatic heterocycles. The van der Waals surface area contributed by atoms with Crippen molar-refractivity contribution in [3.63, 3.8) is 0 Å². The fraction of sp³-hybridized carbons (Fsp3) is 0.727. The van der Waals surface area contributed by atoms with Gasteiger partial charge in [-0.05, 0) is 33.6 Å². The van der Waals surface area contributed by atoms with Gasteiger partial charge in [-0.15, -0.1) is 0 Å². The monoisotopic (exact) mass is 184 g/mol. The first-order valence-corrected chi connectivity index (χ1v) is 4.83. The predicted octanol–water partition coefficient (Wildman–Crippen LogP) is 3.07. The van der Waals surface area contributed by atoms with Crippen LogP contribution < -0.4 is 0 Å². The maximum atomic E-state index is 11.4. The number of carbonyl (C=O) groups is 1. The van der Waals surface area contributed by atoms with Crippen molar-refractivity contribution in [3.8, 4) is 0 Å². The summed E-state index contributed by atoms with van der Waals surface area (Å²) >= 11 is 0. The quantitative estimate of drug-likeness (QED) is 0.496. The molecule has 0 aliphatic carbocycles. The van der Waals surface area contributed by atoms with Crippen molar-refractivity contribution in [1.29, 1.82) is 0 Å². The number of esters is 1. The second kappa shape index (κ2) is 5.05. The Morgan fingerprint density at radius 2 is 1.92 bits per heavy atom. The van der Waals surface area contributed by atoms with Gasteiger partial charge in [0.05, 0.1) is 0 Å². The van der Waals surface area contributed by atoms with Gasteiger partial charge in [0.1, 0.15) is 5.60 Å². The minimum atomic E-state index is -0.347. The molecule has 0 atom stereocenters. The van der Waals surface area contributed by atoms with E-state index < -0.39 is 0 Å². The Balaban J connectivity index is 4.23. The average molecular weight is 184 g/mol. The normalized spacial score (nSPS) is 12.8. The summed E-state index contributed by atoms with van der Waals surface area (Å²) in [6.45, 7) is 9.64. The van der Waals surface area contributed by atoms with Gasteiger partial charge in [-0.3, -0.25) is 0 Å². The number of allylic oxidation sites excluding steroid dienone is 1. The molecule has 0 saturated heterocycles. The summed E-state index contributed by atoms with van der Waals surface area (Å²) < 4.78 is 5.29. The van der Waals surface area contributed by atoms with E-state index in [0.29, 0.717) is 5.57 Å². The van der Waals surface area contributed by atoms with Crippen LogP contribution in [0.4, 0.5) is 0 Å². The van der Waals surface area contributed by atoms with Crippen LogP contribution in [0.5, 0.6) is 0 Å². The second-order valence-electron chi connectivity index (χ2n) is 3.80. The molecular formula is C11H20O2. The lowest BCUT2D eigenvalue weighted by Crippen LogP contribution is -2.27. The summed E-state index contributed by atoms with van der Waals surface area (Å²) in [6, 6.07) is 0. The lowest BCUT2D eigenvalue weighted by atomic mass is 10.1. The fourth-order valence-electron chi connectivity index (χ4n) is 0.793. The van der Waals surface area contributed by atoms with Crippen LogP contribution in [0.2, 0.25) is 0 Å². The van der Waals surface area contributed by atoms with E-state index >= 15 is 0 Å². The maximum Gasteiger partial charge on any atom is 0.333 e. The first-order valence-electron chi connectivity index (χ1n) is 4.83. The molecule has 0 aromatic rings. The average Bonchev–Trinajstić information content (AvgIpc) is 2.04. The molecule has 0 N–H and O–H groups in total. The minimum absolute atomic E-state index is 0.200. The third-order valence-corrected chi connectivity index (χ3v) is 2.05. The largest absolute Gasteiger partial charge is 0.456 e. The Morgan fingerprint density at radius 1 is 1.38 bits per heavy atom. The zero-order chi connectivity index (χ0) is 10.5. The zero-order valence-corrected chi connectivity index (χ0v) is 9.31. The summed E-state index contributed by atoms with van der Waals surface area (Å²) in [5.74, 6) is -0.200. The molecule has 0 saturated carbocycles. The number of hydrogen-bond donors (Lipinski definition) is 0. The van der Waals surface area contributed by atoms with Gasteiger partial charge in [0.25, 0.3) is 0 Å². The molecular weight excluding hydrogens is 164 g/mol. The van der Waals surface area contributed by atoms with Crippen LogP contribution >= 0.6 is 0 Å². The SMILES string of the molecule is CCC=C(C)C(=O)OC(C)(C)CC. The van der Waals surface area contributed by atoms with E-state index in [2.05, 4.69) is 0 Å². The van der Waals surface area contributed by atoms with Crippen LogP contribution in [0.25, 0.3) is 0 Å². The number of ether oxygens (including phenoxy) is 1. The Bertz CT molecular complexity index is 202. The highest BCUT2D eigenvalue weighted by atomic mass is 16.6. The lowest BCUT2D eigenvalue weighted by Gasteiger charge is -2.23. The summed E-state index contributed by atoms with van der Waals surface area (Å²) in [7, 11) is 0. The molecule has 0 fully saturated rings. The molecule has 0 amide bonds. The molecule has 0 spiro atoms. The van der Waals surface area contributed by atoms with E-state index in [9.17, 15) is 4.79 Å². The zero-order valence-electron chi connectivity index (χ0n) is 9.31. The highest BCUT2D eigenvalue weighted by Gasteiger charge is 2.20. The number of hydrogen-bond acceptors (Lipinski definition) is 2. The van der Waals surface area contributed by atoms with E-state index in [1.165, 1.54) is 0 Å². The Kier molecular flexibility index (Phi) is 4.74. The van der Waals surface area contributed by atoms with Crippen LogP contribution in [-0.4, -0.2) is 11.6 Å². The molecule has 0 heterocycles. The molecule has 2 nitrogen and oxygen atoms in total. The van der Waals surface area contributed by atoms with Gasteiger partial charge in [0.2, 0.25) is 0 Å². The van der Waals surface area contributed by atoms with Crippen LogP contribution in [0.15, 0.2) is 11.6 Å². The smallest absolute Gasteiger partial charge is 0.333 e. The topological polar surface area (TPSA) is 26.3 Å². The van der Waals surface area contributed by atoms with E-state index in [-0.39, 0.29) is 11.6 Å². The van der Waals surface area contributed by atoms with Crippen molar-refractivity contribution in [2.24, 2.45) is 0 Å². The lowest BCUT2D eigenvalue weighted by molar-refractivity contribution is -0.151. The number of rotatable bonds is 4.